The smallest absolute Gasteiger partial charge is 0.330 e. The van der Waals surface area contributed by atoms with Crippen LogP contribution in [0.4, 0.5) is 13.2 Å². The van der Waals surface area contributed by atoms with Gasteiger partial charge in [0.25, 0.3) is 0 Å². The Labute approximate surface area is 87.1 Å². The summed E-state index contributed by atoms with van der Waals surface area (Å²) in [7, 11) is 0. The van der Waals surface area contributed by atoms with Gasteiger partial charge in [0, 0.05) is 6.54 Å². The normalized spacial score (nSPS) is 13.9. The molecule has 0 fully saturated rings. The molecule has 2 N–H and O–H groups in total. The molecule has 0 heterocycles. The van der Waals surface area contributed by atoms with Crippen molar-refractivity contribution >= 4 is 0 Å². The van der Waals surface area contributed by atoms with Gasteiger partial charge in [-0.1, -0.05) is 30.3 Å². The van der Waals surface area contributed by atoms with Crippen molar-refractivity contribution in [2.75, 3.05) is 6.54 Å². The van der Waals surface area contributed by atoms with E-state index < -0.39 is 12.1 Å². The van der Waals surface area contributed by atoms with E-state index in [-0.39, 0.29) is 13.0 Å². The minimum atomic E-state index is -4.18. The fraction of sp³-hybridized carbons (Fsp3) is 0.455. The summed E-state index contributed by atoms with van der Waals surface area (Å²) in [4.78, 5) is 0. The van der Waals surface area contributed by atoms with E-state index in [2.05, 4.69) is 0 Å². The summed E-state index contributed by atoms with van der Waals surface area (Å²) in [5.74, 6) is -1.39. The average Bonchev–Trinajstić information content (AvgIpc) is 2.18. The number of halogens is 3. The Bertz CT molecular complexity index is 282. The van der Waals surface area contributed by atoms with Gasteiger partial charge in [0.2, 0.25) is 0 Å². The van der Waals surface area contributed by atoms with Crippen LogP contribution in [0.25, 0.3) is 0 Å². The van der Waals surface area contributed by atoms with Crippen LogP contribution in [-0.4, -0.2) is 12.7 Å². The van der Waals surface area contributed by atoms with Gasteiger partial charge in [0.05, 0.1) is 5.92 Å². The number of nitrogens with two attached hydrogens (primary N) is 1. The molecule has 0 saturated heterocycles. The molecule has 15 heavy (non-hydrogen) atoms. The summed E-state index contributed by atoms with van der Waals surface area (Å²) in [5.41, 5.74) is 6.02. The highest BCUT2D eigenvalue weighted by atomic mass is 19.4. The predicted molar refractivity (Wildman–Crippen MR) is 53.4 cm³/mol. The molecule has 1 aromatic carbocycles. The highest BCUT2D eigenvalue weighted by Gasteiger charge is 2.37. The molecule has 0 bridgehead atoms. The molecule has 0 aliphatic carbocycles. The van der Waals surface area contributed by atoms with Crippen LogP contribution in [0.2, 0.25) is 0 Å². The summed E-state index contributed by atoms with van der Waals surface area (Å²) in [5, 5.41) is 0. The molecule has 1 unspecified atom stereocenters. The summed E-state index contributed by atoms with van der Waals surface area (Å²) in [6, 6.07) is 9.13. The highest BCUT2D eigenvalue weighted by molar-refractivity contribution is 5.14. The zero-order valence-electron chi connectivity index (χ0n) is 8.30. The second kappa shape index (κ2) is 5.16. The minimum Gasteiger partial charge on any atom is -0.330 e. The first-order valence-corrected chi connectivity index (χ1v) is 4.84. The molecule has 0 aliphatic rings. The lowest BCUT2D eigenvalue weighted by Crippen LogP contribution is -2.30. The molecule has 1 nitrogen and oxygen atoms in total. The second-order valence-electron chi connectivity index (χ2n) is 3.50. The van der Waals surface area contributed by atoms with E-state index >= 15 is 0 Å². The van der Waals surface area contributed by atoms with Crippen molar-refractivity contribution < 1.29 is 13.2 Å². The third-order valence-corrected chi connectivity index (χ3v) is 2.37. The van der Waals surface area contributed by atoms with E-state index in [1.807, 2.05) is 30.3 Å². The second-order valence-corrected chi connectivity index (χ2v) is 3.50. The van der Waals surface area contributed by atoms with E-state index in [0.717, 1.165) is 5.56 Å². The Kier molecular flexibility index (Phi) is 4.15. The lowest BCUT2D eigenvalue weighted by molar-refractivity contribution is -0.173. The SMILES string of the molecule is NCC(CCc1ccccc1)C(F)(F)F. The molecule has 0 spiro atoms. The molecule has 0 amide bonds. The van der Waals surface area contributed by atoms with Crippen molar-refractivity contribution in [3.8, 4) is 0 Å². The summed E-state index contributed by atoms with van der Waals surface area (Å²) < 4.78 is 37.0. The average molecular weight is 217 g/mol. The first-order valence-electron chi connectivity index (χ1n) is 4.84. The maximum Gasteiger partial charge on any atom is 0.393 e. The summed E-state index contributed by atoms with van der Waals surface area (Å²) in [6.45, 7) is -0.337. The minimum absolute atomic E-state index is 0.0595. The first-order chi connectivity index (χ1) is 7.04. The highest BCUT2D eigenvalue weighted by Crippen LogP contribution is 2.28. The van der Waals surface area contributed by atoms with Gasteiger partial charge >= 0.3 is 6.18 Å². The van der Waals surface area contributed by atoms with Crippen LogP contribution < -0.4 is 5.73 Å². The quantitative estimate of drug-likeness (QED) is 0.824. The van der Waals surface area contributed by atoms with Crippen molar-refractivity contribution in [1.29, 1.82) is 0 Å². The van der Waals surface area contributed by atoms with Crippen LogP contribution >= 0.6 is 0 Å². The molecule has 4 heteroatoms. The Morgan fingerprint density at radius 2 is 1.73 bits per heavy atom. The van der Waals surface area contributed by atoms with E-state index in [0.29, 0.717) is 6.42 Å². The van der Waals surface area contributed by atoms with Crippen molar-refractivity contribution in [3.63, 3.8) is 0 Å². The monoisotopic (exact) mass is 217 g/mol. The summed E-state index contributed by atoms with van der Waals surface area (Å²) in [6.07, 6.45) is -3.70. The van der Waals surface area contributed by atoms with Gasteiger partial charge in [-0.15, -0.1) is 0 Å². The molecule has 1 atom stereocenters. The maximum absolute atomic E-state index is 12.3. The molecule has 1 aromatic rings. The predicted octanol–water partition coefficient (Wildman–Crippen LogP) is 2.76. The maximum atomic E-state index is 12.3. The Morgan fingerprint density at radius 3 is 2.20 bits per heavy atom. The van der Waals surface area contributed by atoms with Crippen LogP contribution in [0.3, 0.4) is 0 Å². The van der Waals surface area contributed by atoms with Crippen LogP contribution in [0, 0.1) is 5.92 Å². The molecule has 0 saturated carbocycles. The van der Waals surface area contributed by atoms with E-state index in [1.165, 1.54) is 0 Å². The molecule has 0 aromatic heterocycles. The lowest BCUT2D eigenvalue weighted by atomic mass is 9.99. The number of aryl methyl sites for hydroxylation is 1. The standard InChI is InChI=1S/C11H14F3N/c12-11(13,14)10(8-15)7-6-9-4-2-1-3-5-9/h1-5,10H,6-8,15H2. The van der Waals surface area contributed by atoms with Gasteiger partial charge in [0.1, 0.15) is 0 Å². The Morgan fingerprint density at radius 1 is 1.13 bits per heavy atom. The van der Waals surface area contributed by atoms with Gasteiger partial charge < -0.3 is 5.73 Å². The van der Waals surface area contributed by atoms with Gasteiger partial charge in [-0.05, 0) is 18.4 Å². The summed E-state index contributed by atoms with van der Waals surface area (Å²) >= 11 is 0. The van der Waals surface area contributed by atoms with E-state index in [1.54, 1.807) is 0 Å². The Balaban J connectivity index is 2.49. The number of alkyl halides is 3. The van der Waals surface area contributed by atoms with Crippen LogP contribution in [0.5, 0.6) is 0 Å². The van der Waals surface area contributed by atoms with Gasteiger partial charge in [-0.25, -0.2) is 0 Å². The van der Waals surface area contributed by atoms with Crippen molar-refractivity contribution in [2.24, 2.45) is 11.7 Å². The molecule has 84 valence electrons. The van der Waals surface area contributed by atoms with Crippen molar-refractivity contribution in [2.45, 2.75) is 19.0 Å². The van der Waals surface area contributed by atoms with E-state index in [9.17, 15) is 13.2 Å². The van der Waals surface area contributed by atoms with E-state index in [4.69, 9.17) is 5.73 Å². The molecule has 1 rings (SSSR count). The van der Waals surface area contributed by atoms with Gasteiger partial charge in [-0.3, -0.25) is 0 Å². The lowest BCUT2D eigenvalue weighted by Gasteiger charge is -2.18. The largest absolute Gasteiger partial charge is 0.393 e. The number of benzene rings is 1. The van der Waals surface area contributed by atoms with Crippen LogP contribution in [0.15, 0.2) is 30.3 Å². The molecule has 0 aliphatic heterocycles. The topological polar surface area (TPSA) is 26.0 Å². The Hall–Kier alpha value is -1.03. The van der Waals surface area contributed by atoms with Crippen LogP contribution in [0.1, 0.15) is 12.0 Å². The fourth-order valence-corrected chi connectivity index (χ4v) is 1.40. The number of hydrogen-bond acceptors (Lipinski definition) is 1. The van der Waals surface area contributed by atoms with Crippen molar-refractivity contribution in [3.05, 3.63) is 35.9 Å². The third kappa shape index (κ3) is 3.91. The third-order valence-electron chi connectivity index (χ3n) is 2.37. The fourth-order valence-electron chi connectivity index (χ4n) is 1.40. The number of rotatable bonds is 4. The molecule has 0 radical (unpaired) electrons. The first kappa shape index (κ1) is 12.0. The van der Waals surface area contributed by atoms with Gasteiger partial charge in [0.15, 0.2) is 0 Å². The molecular weight excluding hydrogens is 203 g/mol. The van der Waals surface area contributed by atoms with Gasteiger partial charge in [-0.2, -0.15) is 13.2 Å². The zero-order chi connectivity index (χ0) is 11.3. The molecular formula is C11H14F3N. The van der Waals surface area contributed by atoms with Crippen molar-refractivity contribution in [1.82, 2.24) is 0 Å². The van der Waals surface area contributed by atoms with Crippen LogP contribution in [-0.2, 0) is 6.42 Å². The zero-order valence-corrected chi connectivity index (χ0v) is 8.30. The number of hydrogen-bond donors (Lipinski definition) is 1.